The summed E-state index contributed by atoms with van der Waals surface area (Å²) in [5, 5.41) is 9.91. The second-order valence-corrected chi connectivity index (χ2v) is 9.80. The molecule has 146 valence electrons. The summed E-state index contributed by atoms with van der Waals surface area (Å²) < 4.78 is 17.6. The predicted molar refractivity (Wildman–Crippen MR) is 111 cm³/mol. The number of rotatable bonds is 8. The Morgan fingerprint density at radius 1 is 1.46 bits per heavy atom. The zero-order chi connectivity index (χ0) is 19.3. The lowest BCUT2D eigenvalue weighted by atomic mass is 9.75. The van der Waals surface area contributed by atoms with Crippen LogP contribution in [0.5, 0.6) is 5.75 Å². The van der Waals surface area contributed by atoms with E-state index in [1.54, 1.807) is 6.08 Å². The Balaban J connectivity index is 2.47. The number of aryl methyl sites for hydroxylation is 1. The third-order valence-electron chi connectivity index (χ3n) is 5.26. The number of piperidine rings is 1. The van der Waals surface area contributed by atoms with Crippen LogP contribution in [0, 0.1) is 12.8 Å². The number of nitrogens with one attached hydrogen (secondary N) is 1. The van der Waals surface area contributed by atoms with Crippen LogP contribution in [0.2, 0.25) is 5.02 Å². The highest BCUT2D eigenvalue weighted by Crippen LogP contribution is 2.43. The van der Waals surface area contributed by atoms with E-state index in [-0.39, 0.29) is 5.92 Å². The van der Waals surface area contributed by atoms with Gasteiger partial charge in [-0.3, -0.25) is 5.14 Å². The molecule has 26 heavy (non-hydrogen) atoms. The molecule has 3 N–H and O–H groups in total. The summed E-state index contributed by atoms with van der Waals surface area (Å²) in [6.45, 7) is 12.1. The Bertz CT molecular complexity index is 657. The Labute approximate surface area is 165 Å². The largest absolute Gasteiger partial charge is 0.489 e. The van der Waals surface area contributed by atoms with Gasteiger partial charge in [0.05, 0.1) is 15.7 Å². The van der Waals surface area contributed by atoms with Crippen LogP contribution < -0.4 is 15.2 Å². The van der Waals surface area contributed by atoms with Gasteiger partial charge in [0.15, 0.2) is 0 Å². The molecule has 1 saturated heterocycles. The lowest BCUT2D eigenvalue weighted by Crippen LogP contribution is -2.38. The predicted octanol–water partition coefficient (Wildman–Crippen LogP) is 4.09. The second-order valence-electron chi connectivity index (χ2n) is 7.69. The van der Waals surface area contributed by atoms with Crippen LogP contribution in [0.4, 0.5) is 0 Å². The molecule has 1 fully saturated rings. The van der Waals surface area contributed by atoms with Gasteiger partial charge in [-0.25, -0.2) is 4.21 Å². The first-order valence-corrected chi connectivity index (χ1v) is 10.8. The SMILES string of the molecule is C=CCOc1cc(Cl)c(C)cc1[C@H](CC(C)(C)S(N)=O)C1CCNCC1. The molecule has 0 aromatic heterocycles. The summed E-state index contributed by atoms with van der Waals surface area (Å²) in [5.74, 6) is 1.50. The molecular weight excluding hydrogens is 368 g/mol. The first-order valence-electron chi connectivity index (χ1n) is 9.17. The molecule has 1 aromatic rings. The summed E-state index contributed by atoms with van der Waals surface area (Å²) in [5.41, 5.74) is 2.16. The van der Waals surface area contributed by atoms with Gasteiger partial charge in [0.1, 0.15) is 12.4 Å². The van der Waals surface area contributed by atoms with Crippen LogP contribution in [0.1, 0.15) is 50.2 Å². The molecular formula is C20H31ClN2O2S. The molecule has 4 nitrogen and oxygen atoms in total. The second kappa shape index (κ2) is 9.36. The van der Waals surface area contributed by atoms with Crippen LogP contribution in [0.25, 0.3) is 0 Å². The van der Waals surface area contributed by atoms with E-state index >= 15 is 0 Å². The molecule has 1 aliphatic rings. The van der Waals surface area contributed by atoms with Gasteiger partial charge in [-0.2, -0.15) is 0 Å². The fourth-order valence-corrected chi connectivity index (χ4v) is 4.14. The van der Waals surface area contributed by atoms with Gasteiger partial charge in [-0.05, 0) is 82.2 Å². The quantitative estimate of drug-likeness (QED) is 0.648. The minimum atomic E-state index is -1.40. The molecule has 0 spiro atoms. The molecule has 1 heterocycles. The van der Waals surface area contributed by atoms with E-state index in [0.29, 0.717) is 17.5 Å². The van der Waals surface area contributed by atoms with Crippen molar-refractivity contribution in [1.82, 2.24) is 5.32 Å². The molecule has 0 radical (unpaired) electrons. The fourth-order valence-electron chi connectivity index (χ4n) is 3.64. The third-order valence-corrected chi connectivity index (χ3v) is 6.92. The Kier molecular flexibility index (Phi) is 7.71. The van der Waals surface area contributed by atoms with Crippen molar-refractivity contribution in [3.8, 4) is 5.75 Å². The van der Waals surface area contributed by atoms with Crippen molar-refractivity contribution >= 4 is 22.6 Å². The van der Waals surface area contributed by atoms with Crippen LogP contribution in [-0.4, -0.2) is 28.7 Å². The Hall–Kier alpha value is -0.880. The van der Waals surface area contributed by atoms with E-state index in [0.717, 1.165) is 49.2 Å². The minimum absolute atomic E-state index is 0.218. The first-order chi connectivity index (χ1) is 12.3. The van der Waals surface area contributed by atoms with Crippen LogP contribution in [0.3, 0.4) is 0 Å². The smallest absolute Gasteiger partial charge is 0.124 e. The normalized spacial score (nSPS) is 18.3. The molecule has 1 unspecified atom stereocenters. The fraction of sp³-hybridized carbons (Fsp3) is 0.600. The van der Waals surface area contributed by atoms with Crippen LogP contribution in [-0.2, 0) is 11.0 Å². The van der Waals surface area contributed by atoms with Gasteiger partial charge in [-0.1, -0.05) is 30.3 Å². The summed E-state index contributed by atoms with van der Waals surface area (Å²) >= 11 is 6.35. The number of ether oxygens (including phenoxy) is 1. The average molecular weight is 399 g/mol. The standard InChI is InChI=1S/C20H31ClN2O2S/c1-5-10-25-19-12-18(21)14(2)11-16(19)17(13-20(3,4)26(22)24)15-6-8-23-9-7-15/h5,11-12,15,17,23H,1,6-10,13,22H2,2-4H3/t17-,26?/m1/s1. The van der Waals surface area contributed by atoms with E-state index in [9.17, 15) is 4.21 Å². The highest BCUT2D eigenvalue weighted by atomic mass is 35.5. The number of hydrogen-bond acceptors (Lipinski definition) is 3. The van der Waals surface area contributed by atoms with Crippen molar-refractivity contribution in [3.05, 3.63) is 40.9 Å². The minimum Gasteiger partial charge on any atom is -0.489 e. The molecule has 2 rings (SSSR count). The van der Waals surface area contributed by atoms with Crippen molar-refractivity contribution in [2.24, 2.45) is 11.1 Å². The number of nitrogens with two attached hydrogens (primary N) is 1. The van der Waals surface area contributed by atoms with Gasteiger partial charge < -0.3 is 10.1 Å². The monoisotopic (exact) mass is 398 g/mol. The van der Waals surface area contributed by atoms with E-state index < -0.39 is 15.7 Å². The molecule has 1 aliphatic heterocycles. The summed E-state index contributed by atoms with van der Waals surface area (Å²) in [7, 11) is -1.40. The molecule has 0 bridgehead atoms. The van der Waals surface area contributed by atoms with Gasteiger partial charge >= 0.3 is 0 Å². The maximum Gasteiger partial charge on any atom is 0.124 e. The molecule has 0 saturated carbocycles. The molecule has 0 amide bonds. The summed E-state index contributed by atoms with van der Waals surface area (Å²) in [4.78, 5) is 0. The van der Waals surface area contributed by atoms with Gasteiger partial charge in [0.25, 0.3) is 0 Å². The van der Waals surface area contributed by atoms with Crippen LogP contribution >= 0.6 is 11.6 Å². The van der Waals surface area contributed by atoms with Crippen LogP contribution in [0.15, 0.2) is 24.8 Å². The zero-order valence-electron chi connectivity index (χ0n) is 16.0. The molecule has 1 aromatic carbocycles. The van der Waals surface area contributed by atoms with E-state index in [1.165, 1.54) is 0 Å². The maximum absolute atomic E-state index is 12.1. The maximum atomic E-state index is 12.1. The molecule has 0 aliphatic carbocycles. The third kappa shape index (κ3) is 5.32. The van der Waals surface area contributed by atoms with Gasteiger partial charge in [0.2, 0.25) is 0 Å². The lowest BCUT2D eigenvalue weighted by Gasteiger charge is -2.36. The van der Waals surface area contributed by atoms with Crippen molar-refractivity contribution in [3.63, 3.8) is 0 Å². The summed E-state index contributed by atoms with van der Waals surface area (Å²) in [6, 6.07) is 4.03. The number of hydrogen-bond donors (Lipinski definition) is 2. The number of benzene rings is 1. The summed E-state index contributed by atoms with van der Waals surface area (Å²) in [6.07, 6.45) is 4.64. The lowest BCUT2D eigenvalue weighted by molar-refractivity contribution is 0.282. The van der Waals surface area contributed by atoms with Crippen molar-refractivity contribution in [2.75, 3.05) is 19.7 Å². The highest BCUT2D eigenvalue weighted by Gasteiger charge is 2.35. The zero-order valence-corrected chi connectivity index (χ0v) is 17.6. The average Bonchev–Trinajstić information content (AvgIpc) is 2.61. The molecule has 6 heteroatoms. The van der Waals surface area contributed by atoms with E-state index in [4.69, 9.17) is 21.5 Å². The highest BCUT2D eigenvalue weighted by molar-refractivity contribution is 7.84. The van der Waals surface area contributed by atoms with Gasteiger partial charge in [-0.15, -0.1) is 0 Å². The van der Waals surface area contributed by atoms with Gasteiger partial charge in [0, 0.05) is 5.02 Å². The van der Waals surface area contributed by atoms with E-state index in [2.05, 4.69) is 18.0 Å². The Morgan fingerprint density at radius 2 is 2.12 bits per heavy atom. The topological polar surface area (TPSA) is 64.3 Å². The Morgan fingerprint density at radius 3 is 2.69 bits per heavy atom. The van der Waals surface area contributed by atoms with Crippen molar-refractivity contribution < 1.29 is 8.95 Å². The number of halogens is 1. The molecule has 2 atom stereocenters. The van der Waals surface area contributed by atoms with Crippen molar-refractivity contribution in [2.45, 2.75) is 50.7 Å². The van der Waals surface area contributed by atoms with E-state index in [1.807, 2.05) is 26.8 Å². The first kappa shape index (κ1) is 21.4. The van der Waals surface area contributed by atoms with Crippen molar-refractivity contribution in [1.29, 1.82) is 0 Å².